The van der Waals surface area contributed by atoms with E-state index >= 15 is 0 Å². The lowest BCUT2D eigenvalue weighted by Crippen LogP contribution is -2.37. The van der Waals surface area contributed by atoms with Gasteiger partial charge >= 0.3 is 0 Å². The summed E-state index contributed by atoms with van der Waals surface area (Å²) in [5.74, 6) is -0.395. The van der Waals surface area contributed by atoms with Crippen molar-refractivity contribution < 1.29 is 13.9 Å². The van der Waals surface area contributed by atoms with Crippen LogP contribution in [0, 0.1) is 22.6 Å². The summed E-state index contributed by atoms with van der Waals surface area (Å²) in [6.45, 7) is 4.51. The van der Waals surface area contributed by atoms with Crippen molar-refractivity contribution in [1.82, 2.24) is 14.9 Å². The standard InChI is InChI=1S/C18H17FN4O2/c1-18(2)11-23(10-15-21-6-3-7-22-15)17(24)16(18)25-14-5-4-12(9-20)8-13(14)19/h3-8,16H,10-11H2,1-2H3/t16-/m0/s1. The summed E-state index contributed by atoms with van der Waals surface area (Å²) in [6.07, 6.45) is 2.42. The third kappa shape index (κ3) is 3.43. The van der Waals surface area contributed by atoms with Gasteiger partial charge in [0, 0.05) is 24.4 Å². The van der Waals surface area contributed by atoms with Crippen molar-refractivity contribution in [3.05, 3.63) is 53.9 Å². The van der Waals surface area contributed by atoms with Gasteiger partial charge in [0.05, 0.1) is 18.2 Å². The summed E-state index contributed by atoms with van der Waals surface area (Å²) in [4.78, 5) is 22.6. The van der Waals surface area contributed by atoms with Crippen LogP contribution in [0.15, 0.2) is 36.7 Å². The highest BCUT2D eigenvalue weighted by Gasteiger charge is 2.48. The molecule has 2 heterocycles. The molecule has 1 amide bonds. The normalized spacial score (nSPS) is 18.9. The summed E-state index contributed by atoms with van der Waals surface area (Å²) < 4.78 is 19.8. The lowest BCUT2D eigenvalue weighted by Gasteiger charge is -2.24. The number of amides is 1. The number of benzene rings is 1. The zero-order chi connectivity index (χ0) is 18.0. The molecule has 0 spiro atoms. The molecule has 1 atom stereocenters. The van der Waals surface area contributed by atoms with E-state index in [1.165, 1.54) is 12.1 Å². The van der Waals surface area contributed by atoms with Crippen LogP contribution in [-0.4, -0.2) is 33.4 Å². The van der Waals surface area contributed by atoms with Gasteiger partial charge in [-0.15, -0.1) is 0 Å². The number of hydrogen-bond donors (Lipinski definition) is 0. The molecule has 1 aromatic heterocycles. The molecule has 2 aromatic rings. The minimum absolute atomic E-state index is 0.0387. The van der Waals surface area contributed by atoms with Crippen LogP contribution in [0.1, 0.15) is 25.2 Å². The Balaban J connectivity index is 1.79. The molecule has 128 valence electrons. The highest BCUT2D eigenvalue weighted by molar-refractivity contribution is 5.84. The van der Waals surface area contributed by atoms with E-state index in [1.807, 2.05) is 19.9 Å². The maximum absolute atomic E-state index is 14.1. The Labute approximate surface area is 144 Å². The van der Waals surface area contributed by atoms with Crippen LogP contribution in [0.3, 0.4) is 0 Å². The number of aromatic nitrogens is 2. The number of hydrogen-bond acceptors (Lipinski definition) is 5. The first-order chi connectivity index (χ1) is 11.9. The predicted octanol–water partition coefficient (Wildman–Crippen LogP) is 2.30. The quantitative estimate of drug-likeness (QED) is 0.853. The van der Waals surface area contributed by atoms with Gasteiger partial charge in [-0.05, 0) is 24.3 Å². The Hall–Kier alpha value is -3.01. The number of halogens is 1. The van der Waals surface area contributed by atoms with E-state index in [9.17, 15) is 9.18 Å². The third-order valence-electron chi connectivity index (χ3n) is 4.10. The maximum Gasteiger partial charge on any atom is 0.264 e. The SMILES string of the molecule is CC1(C)CN(Cc2ncccn2)C(=O)[C@@H]1Oc1ccc(C#N)cc1F. The van der Waals surface area contributed by atoms with Crippen molar-refractivity contribution in [2.45, 2.75) is 26.5 Å². The van der Waals surface area contributed by atoms with Crippen LogP contribution in [0.4, 0.5) is 4.39 Å². The topological polar surface area (TPSA) is 79.1 Å². The molecule has 0 bridgehead atoms. The molecule has 0 radical (unpaired) electrons. The molecule has 25 heavy (non-hydrogen) atoms. The lowest BCUT2D eigenvalue weighted by molar-refractivity contribution is -0.135. The molecule has 0 N–H and O–H groups in total. The Bertz CT molecular complexity index is 833. The van der Waals surface area contributed by atoms with E-state index in [2.05, 4.69) is 9.97 Å². The van der Waals surface area contributed by atoms with Gasteiger partial charge in [0.2, 0.25) is 0 Å². The fourth-order valence-corrected chi connectivity index (χ4v) is 2.87. The van der Waals surface area contributed by atoms with E-state index in [-0.39, 0.29) is 23.8 Å². The van der Waals surface area contributed by atoms with Crippen molar-refractivity contribution in [1.29, 1.82) is 5.26 Å². The first kappa shape index (κ1) is 16.8. The van der Waals surface area contributed by atoms with Crippen molar-refractivity contribution in [3.63, 3.8) is 0 Å². The molecule has 7 heteroatoms. The van der Waals surface area contributed by atoms with E-state index in [4.69, 9.17) is 10.00 Å². The second-order valence-electron chi connectivity index (χ2n) is 6.60. The molecule has 1 aliphatic heterocycles. The Morgan fingerprint density at radius 3 is 2.76 bits per heavy atom. The van der Waals surface area contributed by atoms with E-state index in [0.717, 1.165) is 6.07 Å². The van der Waals surface area contributed by atoms with Crippen LogP contribution in [-0.2, 0) is 11.3 Å². The number of carbonyl (C=O) groups is 1. The Morgan fingerprint density at radius 2 is 2.12 bits per heavy atom. The molecule has 1 saturated heterocycles. The number of nitrogens with zero attached hydrogens (tertiary/aromatic N) is 4. The fourth-order valence-electron chi connectivity index (χ4n) is 2.87. The molecule has 6 nitrogen and oxygen atoms in total. The van der Waals surface area contributed by atoms with Crippen molar-refractivity contribution in [2.24, 2.45) is 5.41 Å². The number of nitriles is 1. The van der Waals surface area contributed by atoms with Crippen molar-refractivity contribution in [3.8, 4) is 11.8 Å². The summed E-state index contributed by atoms with van der Waals surface area (Å²) >= 11 is 0. The van der Waals surface area contributed by atoms with E-state index < -0.39 is 17.3 Å². The summed E-state index contributed by atoms with van der Waals surface area (Å²) in [5.41, 5.74) is -0.309. The lowest BCUT2D eigenvalue weighted by atomic mass is 9.89. The Kier molecular flexibility index (Phi) is 4.36. The van der Waals surface area contributed by atoms with Gasteiger partial charge in [-0.25, -0.2) is 14.4 Å². The molecular weight excluding hydrogens is 323 g/mol. The van der Waals surface area contributed by atoms with Crippen LogP contribution in [0.25, 0.3) is 0 Å². The van der Waals surface area contributed by atoms with Crippen LogP contribution in [0.2, 0.25) is 0 Å². The molecule has 0 unspecified atom stereocenters. The van der Waals surface area contributed by atoms with Crippen molar-refractivity contribution in [2.75, 3.05) is 6.54 Å². The average molecular weight is 340 g/mol. The largest absolute Gasteiger partial charge is 0.477 e. The zero-order valence-electron chi connectivity index (χ0n) is 13.9. The molecule has 3 rings (SSSR count). The predicted molar refractivity (Wildman–Crippen MR) is 86.8 cm³/mol. The van der Waals surface area contributed by atoms with Crippen LogP contribution < -0.4 is 4.74 Å². The number of likely N-dealkylation sites (tertiary alicyclic amines) is 1. The van der Waals surface area contributed by atoms with Crippen LogP contribution in [0.5, 0.6) is 5.75 Å². The highest BCUT2D eigenvalue weighted by atomic mass is 19.1. The van der Waals surface area contributed by atoms with Gasteiger partial charge in [0.25, 0.3) is 5.91 Å². The third-order valence-corrected chi connectivity index (χ3v) is 4.10. The monoisotopic (exact) mass is 340 g/mol. The number of carbonyl (C=O) groups excluding carboxylic acids is 1. The summed E-state index contributed by atoms with van der Waals surface area (Å²) in [6, 6.07) is 7.50. The minimum Gasteiger partial charge on any atom is -0.477 e. The second-order valence-corrected chi connectivity index (χ2v) is 6.60. The Morgan fingerprint density at radius 1 is 1.40 bits per heavy atom. The smallest absolute Gasteiger partial charge is 0.264 e. The first-order valence-corrected chi connectivity index (χ1v) is 7.82. The second kappa shape index (κ2) is 6.48. The molecule has 1 fully saturated rings. The van der Waals surface area contributed by atoms with Gasteiger partial charge in [-0.2, -0.15) is 5.26 Å². The number of ether oxygens (including phenoxy) is 1. The van der Waals surface area contributed by atoms with Gasteiger partial charge in [0.15, 0.2) is 17.7 Å². The number of rotatable bonds is 4. The highest BCUT2D eigenvalue weighted by Crippen LogP contribution is 2.35. The molecule has 0 saturated carbocycles. The van der Waals surface area contributed by atoms with E-state index in [0.29, 0.717) is 12.4 Å². The summed E-state index contributed by atoms with van der Waals surface area (Å²) in [5, 5.41) is 8.81. The van der Waals surface area contributed by atoms with Gasteiger partial charge in [-0.1, -0.05) is 13.8 Å². The van der Waals surface area contributed by atoms with Gasteiger partial charge < -0.3 is 9.64 Å². The molecule has 0 aliphatic carbocycles. The van der Waals surface area contributed by atoms with Gasteiger partial charge in [0.1, 0.15) is 5.82 Å². The maximum atomic E-state index is 14.1. The fraction of sp³-hybridized carbons (Fsp3) is 0.333. The first-order valence-electron chi connectivity index (χ1n) is 7.82. The van der Waals surface area contributed by atoms with Crippen LogP contribution >= 0.6 is 0 Å². The summed E-state index contributed by atoms with van der Waals surface area (Å²) in [7, 11) is 0. The molecule has 1 aliphatic rings. The van der Waals surface area contributed by atoms with Gasteiger partial charge in [-0.3, -0.25) is 4.79 Å². The molecule has 1 aromatic carbocycles. The molecular formula is C18H17FN4O2. The minimum atomic E-state index is -0.821. The van der Waals surface area contributed by atoms with E-state index in [1.54, 1.807) is 23.4 Å². The van der Waals surface area contributed by atoms with Crippen molar-refractivity contribution >= 4 is 5.91 Å². The zero-order valence-corrected chi connectivity index (χ0v) is 13.9. The average Bonchev–Trinajstić information content (AvgIpc) is 2.80.